The summed E-state index contributed by atoms with van der Waals surface area (Å²) in [5.41, 5.74) is 0.941. The van der Waals surface area contributed by atoms with Crippen molar-refractivity contribution in [3.63, 3.8) is 0 Å². The summed E-state index contributed by atoms with van der Waals surface area (Å²) in [6.07, 6.45) is 0. The molecule has 0 aliphatic heterocycles. The Morgan fingerprint density at radius 2 is 2.26 bits per heavy atom. The maximum Gasteiger partial charge on any atom is 0.223 e. The van der Waals surface area contributed by atoms with Gasteiger partial charge in [0.05, 0.1) is 12.3 Å². The number of rotatable bonds is 8. The molecule has 0 unspecified atom stereocenters. The molecule has 2 N–H and O–H groups in total. The number of thiazole rings is 1. The number of hydrogen-bond acceptors (Lipinski definition) is 5. The Balaban J connectivity index is 2.45. The van der Waals surface area contributed by atoms with Crippen LogP contribution < -0.4 is 10.6 Å². The van der Waals surface area contributed by atoms with Crippen LogP contribution in [0.5, 0.6) is 0 Å². The fourth-order valence-electron chi connectivity index (χ4n) is 1.56. The lowest BCUT2D eigenvalue weighted by Gasteiger charge is -2.21. The summed E-state index contributed by atoms with van der Waals surface area (Å²) in [5.74, 6) is 0.408. The zero-order valence-corrected chi connectivity index (χ0v) is 12.8. The van der Waals surface area contributed by atoms with Crippen LogP contribution in [0.3, 0.4) is 0 Å². The molecule has 0 saturated heterocycles. The van der Waals surface area contributed by atoms with Crippen molar-refractivity contribution in [3.8, 4) is 0 Å². The summed E-state index contributed by atoms with van der Waals surface area (Å²) in [5, 5.41) is 8.73. The van der Waals surface area contributed by atoms with E-state index in [-0.39, 0.29) is 5.91 Å². The van der Waals surface area contributed by atoms with E-state index in [1.165, 1.54) is 18.3 Å². The maximum absolute atomic E-state index is 10.9. The monoisotopic (exact) mass is 285 g/mol. The largest absolute Gasteiger partial charge is 0.380 e. The number of nitrogens with zero attached hydrogens (tertiary/aromatic N) is 1. The third-order valence-corrected chi connectivity index (χ3v) is 3.49. The SMILES string of the molecule is CCOC[C@@H](NCc1csc(NC(C)=O)n1)C(C)C. The molecule has 1 aromatic heterocycles. The highest BCUT2D eigenvalue weighted by Crippen LogP contribution is 2.15. The highest BCUT2D eigenvalue weighted by molar-refractivity contribution is 7.13. The highest BCUT2D eigenvalue weighted by Gasteiger charge is 2.13. The fraction of sp³-hybridized carbons (Fsp3) is 0.692. The molecule has 0 aliphatic rings. The van der Waals surface area contributed by atoms with Gasteiger partial charge in [0, 0.05) is 31.5 Å². The van der Waals surface area contributed by atoms with E-state index in [1.54, 1.807) is 0 Å². The van der Waals surface area contributed by atoms with Crippen LogP contribution in [0.2, 0.25) is 0 Å². The zero-order chi connectivity index (χ0) is 14.3. The third kappa shape index (κ3) is 6.13. The van der Waals surface area contributed by atoms with Gasteiger partial charge in [-0.1, -0.05) is 13.8 Å². The van der Waals surface area contributed by atoms with Crippen molar-refractivity contribution in [3.05, 3.63) is 11.1 Å². The van der Waals surface area contributed by atoms with Gasteiger partial charge >= 0.3 is 0 Å². The third-order valence-electron chi connectivity index (χ3n) is 2.69. The summed E-state index contributed by atoms with van der Waals surface area (Å²) >= 11 is 1.44. The Hall–Kier alpha value is -0.980. The van der Waals surface area contributed by atoms with E-state index in [9.17, 15) is 4.79 Å². The fourth-order valence-corrected chi connectivity index (χ4v) is 2.32. The van der Waals surface area contributed by atoms with Crippen molar-refractivity contribution < 1.29 is 9.53 Å². The molecule has 0 spiro atoms. The smallest absolute Gasteiger partial charge is 0.223 e. The van der Waals surface area contributed by atoms with E-state index in [4.69, 9.17) is 4.74 Å². The summed E-state index contributed by atoms with van der Waals surface area (Å²) in [7, 11) is 0. The van der Waals surface area contributed by atoms with Crippen molar-refractivity contribution in [1.82, 2.24) is 10.3 Å². The number of amides is 1. The predicted octanol–water partition coefficient (Wildman–Crippen LogP) is 2.25. The van der Waals surface area contributed by atoms with Crippen molar-refractivity contribution >= 4 is 22.4 Å². The Morgan fingerprint density at radius 3 is 2.84 bits per heavy atom. The Labute approximate surface area is 118 Å². The number of carbonyl (C=O) groups is 1. The van der Waals surface area contributed by atoms with Crippen LogP contribution in [0.25, 0.3) is 0 Å². The molecule has 1 heterocycles. The minimum atomic E-state index is -0.0924. The molecule has 1 atom stereocenters. The molecule has 0 bridgehead atoms. The number of carbonyl (C=O) groups excluding carboxylic acids is 1. The van der Waals surface area contributed by atoms with Gasteiger partial charge in [-0.05, 0) is 12.8 Å². The standard InChI is InChI=1S/C13H23N3O2S/c1-5-18-7-12(9(2)3)14-6-11-8-19-13(16-11)15-10(4)17/h8-9,12,14H,5-7H2,1-4H3,(H,15,16,17)/t12-/m1/s1. The summed E-state index contributed by atoms with van der Waals surface area (Å²) in [6, 6.07) is 0.311. The van der Waals surface area contributed by atoms with Gasteiger partial charge in [0.25, 0.3) is 0 Å². The van der Waals surface area contributed by atoms with Crippen LogP contribution in [0.1, 0.15) is 33.4 Å². The molecule has 1 amide bonds. The number of anilines is 1. The predicted molar refractivity (Wildman–Crippen MR) is 78.4 cm³/mol. The minimum absolute atomic E-state index is 0.0924. The molecule has 1 rings (SSSR count). The van der Waals surface area contributed by atoms with Gasteiger partial charge in [-0.25, -0.2) is 4.98 Å². The van der Waals surface area contributed by atoms with Crippen molar-refractivity contribution in [2.75, 3.05) is 18.5 Å². The second-order valence-corrected chi connectivity index (χ2v) is 5.57. The average molecular weight is 285 g/mol. The minimum Gasteiger partial charge on any atom is -0.380 e. The Kier molecular flexibility index (Phi) is 6.97. The second kappa shape index (κ2) is 8.24. The van der Waals surface area contributed by atoms with Crippen molar-refractivity contribution in [1.29, 1.82) is 0 Å². The van der Waals surface area contributed by atoms with E-state index in [0.29, 0.717) is 30.2 Å². The van der Waals surface area contributed by atoms with Crippen LogP contribution >= 0.6 is 11.3 Å². The van der Waals surface area contributed by atoms with Crippen LogP contribution in [0.15, 0.2) is 5.38 Å². The molecule has 5 nitrogen and oxygen atoms in total. The molecule has 0 aromatic carbocycles. The molecule has 0 radical (unpaired) electrons. The van der Waals surface area contributed by atoms with E-state index in [2.05, 4.69) is 29.5 Å². The van der Waals surface area contributed by atoms with Gasteiger partial charge in [-0.2, -0.15) is 0 Å². The Bertz CT molecular complexity index is 393. The van der Waals surface area contributed by atoms with Crippen LogP contribution in [0.4, 0.5) is 5.13 Å². The maximum atomic E-state index is 10.9. The van der Waals surface area contributed by atoms with E-state index < -0.39 is 0 Å². The quantitative estimate of drug-likeness (QED) is 0.769. The van der Waals surface area contributed by atoms with Crippen LogP contribution in [0, 0.1) is 5.92 Å². The average Bonchev–Trinajstić information content (AvgIpc) is 2.75. The van der Waals surface area contributed by atoms with Crippen LogP contribution in [-0.4, -0.2) is 30.1 Å². The van der Waals surface area contributed by atoms with Gasteiger partial charge < -0.3 is 15.4 Å². The van der Waals surface area contributed by atoms with E-state index in [1.807, 2.05) is 12.3 Å². The lowest BCUT2D eigenvalue weighted by molar-refractivity contribution is -0.114. The molecular formula is C13H23N3O2S. The molecule has 0 fully saturated rings. The molecule has 0 saturated carbocycles. The number of ether oxygens (including phenoxy) is 1. The molecule has 0 aliphatic carbocycles. The van der Waals surface area contributed by atoms with Gasteiger partial charge in [-0.15, -0.1) is 11.3 Å². The lowest BCUT2D eigenvalue weighted by Crippen LogP contribution is -2.37. The first-order chi connectivity index (χ1) is 9.02. The zero-order valence-electron chi connectivity index (χ0n) is 12.0. The summed E-state index contributed by atoms with van der Waals surface area (Å²) < 4.78 is 5.47. The highest BCUT2D eigenvalue weighted by atomic mass is 32.1. The first-order valence-electron chi connectivity index (χ1n) is 6.56. The molecule has 19 heavy (non-hydrogen) atoms. The van der Waals surface area contributed by atoms with Gasteiger partial charge in [-0.3, -0.25) is 4.79 Å². The second-order valence-electron chi connectivity index (χ2n) is 4.72. The van der Waals surface area contributed by atoms with Gasteiger partial charge in [0.1, 0.15) is 0 Å². The number of aromatic nitrogens is 1. The molecule has 1 aromatic rings. The molecular weight excluding hydrogens is 262 g/mol. The molecule has 108 valence electrons. The topological polar surface area (TPSA) is 63.2 Å². The van der Waals surface area contributed by atoms with Crippen LogP contribution in [-0.2, 0) is 16.1 Å². The number of nitrogens with one attached hydrogen (secondary N) is 2. The van der Waals surface area contributed by atoms with E-state index in [0.717, 1.165) is 12.3 Å². The lowest BCUT2D eigenvalue weighted by atomic mass is 10.1. The normalized spacial score (nSPS) is 12.7. The van der Waals surface area contributed by atoms with Gasteiger partial charge in [0.15, 0.2) is 5.13 Å². The first kappa shape index (κ1) is 16.1. The first-order valence-corrected chi connectivity index (χ1v) is 7.44. The van der Waals surface area contributed by atoms with Crippen molar-refractivity contribution in [2.24, 2.45) is 5.92 Å². The van der Waals surface area contributed by atoms with E-state index >= 15 is 0 Å². The van der Waals surface area contributed by atoms with Crippen molar-refractivity contribution in [2.45, 2.75) is 40.3 Å². The van der Waals surface area contributed by atoms with Gasteiger partial charge in [0.2, 0.25) is 5.91 Å². The summed E-state index contributed by atoms with van der Waals surface area (Å²) in [4.78, 5) is 15.3. The number of hydrogen-bond donors (Lipinski definition) is 2. The molecule has 6 heteroatoms. The Morgan fingerprint density at radius 1 is 1.53 bits per heavy atom. The summed E-state index contributed by atoms with van der Waals surface area (Å²) in [6.45, 7) is 9.94.